The van der Waals surface area contributed by atoms with Crippen LogP contribution in [-0.2, 0) is 14.8 Å². The molecule has 6 nitrogen and oxygen atoms in total. The second kappa shape index (κ2) is 6.96. The Morgan fingerprint density at radius 3 is 2.12 bits per heavy atom. The summed E-state index contributed by atoms with van der Waals surface area (Å²) in [7, 11) is -2.19. The monoisotopic (exact) mass is 368 g/mol. The Labute approximate surface area is 150 Å². The Kier molecular flexibility index (Phi) is 5.49. The fourth-order valence-corrected chi connectivity index (χ4v) is 4.90. The third-order valence-corrected chi connectivity index (χ3v) is 6.45. The van der Waals surface area contributed by atoms with Crippen LogP contribution in [0.1, 0.15) is 31.9 Å². The van der Waals surface area contributed by atoms with Gasteiger partial charge in [0.2, 0.25) is 15.9 Å². The molecule has 0 radical (unpaired) electrons. The minimum Gasteiger partial charge on any atom is -0.495 e. The number of nitrogens with zero attached hydrogens (tertiary/aromatic N) is 2. The van der Waals surface area contributed by atoms with Gasteiger partial charge in [-0.25, -0.2) is 8.42 Å². The molecule has 140 valence electrons. The summed E-state index contributed by atoms with van der Waals surface area (Å²) in [5.41, 5.74) is 1.16. The van der Waals surface area contributed by atoms with Gasteiger partial charge in [0, 0.05) is 31.6 Å². The first-order valence-corrected chi connectivity index (χ1v) is 9.87. The SMILES string of the molecule is COc1cc(C)cc(C)c1S(=O)(=O)N1CCN(C(=O)C(C)(C)C)CC1. The molecule has 1 fully saturated rings. The van der Waals surface area contributed by atoms with E-state index < -0.39 is 15.4 Å². The maximum atomic E-state index is 13.1. The summed E-state index contributed by atoms with van der Waals surface area (Å²) in [5, 5.41) is 0. The summed E-state index contributed by atoms with van der Waals surface area (Å²) in [4.78, 5) is 14.3. The number of carbonyl (C=O) groups is 1. The number of methoxy groups -OCH3 is 1. The lowest BCUT2D eigenvalue weighted by molar-refractivity contribution is -0.140. The highest BCUT2D eigenvalue weighted by molar-refractivity contribution is 7.89. The van der Waals surface area contributed by atoms with Crippen molar-refractivity contribution in [1.29, 1.82) is 0 Å². The highest BCUT2D eigenvalue weighted by atomic mass is 32.2. The van der Waals surface area contributed by atoms with E-state index >= 15 is 0 Å². The number of piperazine rings is 1. The van der Waals surface area contributed by atoms with Gasteiger partial charge in [-0.15, -0.1) is 0 Å². The molecule has 1 saturated heterocycles. The molecule has 1 amide bonds. The van der Waals surface area contributed by atoms with Gasteiger partial charge in [0.25, 0.3) is 0 Å². The standard InChI is InChI=1S/C18H28N2O4S/c1-13-11-14(2)16(15(12-13)24-6)25(22,23)20-9-7-19(8-10-20)17(21)18(3,4)5/h11-12H,7-10H2,1-6H3. The third kappa shape index (κ3) is 3.98. The number of ether oxygens (including phenoxy) is 1. The van der Waals surface area contributed by atoms with Crippen molar-refractivity contribution < 1.29 is 17.9 Å². The van der Waals surface area contributed by atoms with Crippen LogP contribution in [0.2, 0.25) is 0 Å². The fraction of sp³-hybridized carbons (Fsp3) is 0.611. The largest absolute Gasteiger partial charge is 0.495 e. The van der Waals surface area contributed by atoms with E-state index in [1.807, 2.05) is 33.8 Å². The van der Waals surface area contributed by atoms with Crippen molar-refractivity contribution in [2.24, 2.45) is 5.41 Å². The molecule has 7 heteroatoms. The Morgan fingerprint density at radius 1 is 1.08 bits per heavy atom. The number of amides is 1. The summed E-state index contributed by atoms with van der Waals surface area (Å²) in [5.74, 6) is 0.416. The maximum Gasteiger partial charge on any atom is 0.247 e. The number of carbonyl (C=O) groups excluding carboxylic acids is 1. The summed E-state index contributed by atoms with van der Waals surface area (Å²) in [6.45, 7) is 10.7. The van der Waals surface area contributed by atoms with Crippen molar-refractivity contribution in [1.82, 2.24) is 9.21 Å². The van der Waals surface area contributed by atoms with E-state index in [-0.39, 0.29) is 10.8 Å². The molecular weight excluding hydrogens is 340 g/mol. The van der Waals surface area contributed by atoms with Crippen LogP contribution in [0.15, 0.2) is 17.0 Å². The zero-order valence-electron chi connectivity index (χ0n) is 15.9. The van der Waals surface area contributed by atoms with Gasteiger partial charge in [-0.3, -0.25) is 4.79 Å². The summed E-state index contributed by atoms with van der Waals surface area (Å²) in [6.07, 6.45) is 0. The van der Waals surface area contributed by atoms with Crippen LogP contribution in [0.4, 0.5) is 0 Å². The number of rotatable bonds is 3. The van der Waals surface area contributed by atoms with Gasteiger partial charge in [0.15, 0.2) is 0 Å². The average Bonchev–Trinajstić information content (AvgIpc) is 2.52. The zero-order valence-corrected chi connectivity index (χ0v) is 16.7. The van der Waals surface area contributed by atoms with E-state index in [1.54, 1.807) is 17.9 Å². The predicted octanol–water partition coefficient (Wildman–Crippen LogP) is 2.19. The molecule has 0 aliphatic carbocycles. The van der Waals surface area contributed by atoms with Crippen molar-refractivity contribution in [3.63, 3.8) is 0 Å². The van der Waals surface area contributed by atoms with Gasteiger partial charge >= 0.3 is 0 Å². The molecule has 0 bridgehead atoms. The molecule has 1 aliphatic rings. The van der Waals surface area contributed by atoms with Gasteiger partial charge in [0.05, 0.1) is 7.11 Å². The van der Waals surface area contributed by atoms with Crippen LogP contribution in [0.3, 0.4) is 0 Å². The molecule has 0 saturated carbocycles. The van der Waals surface area contributed by atoms with Crippen molar-refractivity contribution in [2.75, 3.05) is 33.3 Å². The smallest absolute Gasteiger partial charge is 0.247 e. The summed E-state index contributed by atoms with van der Waals surface area (Å²) >= 11 is 0. The van der Waals surface area contributed by atoms with E-state index in [9.17, 15) is 13.2 Å². The lowest BCUT2D eigenvalue weighted by Crippen LogP contribution is -2.53. The first kappa shape index (κ1) is 19.7. The second-order valence-electron chi connectivity index (χ2n) is 7.56. The number of sulfonamides is 1. The second-order valence-corrected chi connectivity index (χ2v) is 9.43. The molecule has 25 heavy (non-hydrogen) atoms. The number of hydrogen-bond donors (Lipinski definition) is 0. The molecule has 0 N–H and O–H groups in total. The number of aryl methyl sites for hydroxylation is 2. The normalized spacial score (nSPS) is 16.8. The molecule has 0 unspecified atom stereocenters. The van der Waals surface area contributed by atoms with Gasteiger partial charge < -0.3 is 9.64 Å². The van der Waals surface area contributed by atoms with Crippen LogP contribution >= 0.6 is 0 Å². The highest BCUT2D eigenvalue weighted by Crippen LogP contribution is 2.32. The topological polar surface area (TPSA) is 66.9 Å². The van der Waals surface area contributed by atoms with E-state index in [4.69, 9.17) is 4.74 Å². The first-order chi connectivity index (χ1) is 11.5. The molecule has 1 aliphatic heterocycles. The minimum atomic E-state index is -3.67. The summed E-state index contributed by atoms with van der Waals surface area (Å²) < 4.78 is 33.0. The van der Waals surface area contributed by atoms with E-state index in [1.165, 1.54) is 11.4 Å². The first-order valence-electron chi connectivity index (χ1n) is 8.43. The number of hydrogen-bond acceptors (Lipinski definition) is 4. The van der Waals surface area contributed by atoms with E-state index in [2.05, 4.69) is 0 Å². The minimum absolute atomic E-state index is 0.0497. The quantitative estimate of drug-likeness (QED) is 0.820. The lowest BCUT2D eigenvalue weighted by atomic mass is 9.94. The molecule has 1 aromatic carbocycles. The maximum absolute atomic E-state index is 13.1. The van der Waals surface area contributed by atoms with Crippen molar-refractivity contribution in [3.8, 4) is 5.75 Å². The summed E-state index contributed by atoms with van der Waals surface area (Å²) in [6, 6.07) is 3.58. The Bertz CT molecular complexity index is 758. The molecule has 0 aromatic heterocycles. The lowest BCUT2D eigenvalue weighted by Gasteiger charge is -2.37. The van der Waals surface area contributed by atoms with Gasteiger partial charge in [-0.1, -0.05) is 26.8 Å². The predicted molar refractivity (Wildman–Crippen MR) is 97.3 cm³/mol. The van der Waals surface area contributed by atoms with Crippen LogP contribution in [0.5, 0.6) is 5.75 Å². The van der Waals surface area contributed by atoms with Gasteiger partial charge in [-0.2, -0.15) is 4.31 Å². The highest BCUT2D eigenvalue weighted by Gasteiger charge is 2.35. The average molecular weight is 368 g/mol. The Balaban J connectivity index is 2.25. The van der Waals surface area contributed by atoms with Crippen LogP contribution in [0.25, 0.3) is 0 Å². The number of benzene rings is 1. The van der Waals surface area contributed by atoms with Crippen molar-refractivity contribution in [3.05, 3.63) is 23.3 Å². The van der Waals surface area contributed by atoms with Gasteiger partial charge in [-0.05, 0) is 31.0 Å². The van der Waals surface area contributed by atoms with Crippen molar-refractivity contribution in [2.45, 2.75) is 39.5 Å². The van der Waals surface area contributed by atoms with Crippen molar-refractivity contribution >= 4 is 15.9 Å². The van der Waals surface area contributed by atoms with Gasteiger partial charge in [0.1, 0.15) is 10.6 Å². The molecule has 0 spiro atoms. The van der Waals surface area contributed by atoms with E-state index in [0.29, 0.717) is 37.5 Å². The molecule has 1 aromatic rings. The van der Waals surface area contributed by atoms with E-state index in [0.717, 1.165) is 5.56 Å². The molecule has 0 atom stereocenters. The zero-order chi connectivity index (χ0) is 19.0. The third-order valence-electron chi connectivity index (χ3n) is 4.37. The molecule has 2 rings (SSSR count). The molecule has 1 heterocycles. The Hall–Kier alpha value is -1.60. The molecular formula is C18H28N2O4S. The Morgan fingerprint density at radius 2 is 1.64 bits per heavy atom. The van der Waals surface area contributed by atoms with Crippen LogP contribution < -0.4 is 4.74 Å². The van der Waals surface area contributed by atoms with Crippen LogP contribution in [-0.4, -0.2) is 56.8 Å². The van der Waals surface area contributed by atoms with Crippen LogP contribution in [0, 0.1) is 19.3 Å². The fourth-order valence-electron chi connectivity index (χ4n) is 3.13.